The molecule has 0 radical (unpaired) electrons. The highest BCUT2D eigenvalue weighted by Gasteiger charge is 2.29. The van der Waals surface area contributed by atoms with E-state index in [1.165, 1.54) is 12.1 Å². The van der Waals surface area contributed by atoms with Crippen molar-refractivity contribution < 1.29 is 19.1 Å². The third kappa shape index (κ3) is 5.16. The normalized spacial score (nSPS) is 16.2. The smallest absolute Gasteiger partial charge is 0.317 e. The van der Waals surface area contributed by atoms with Crippen LogP contribution in [0.4, 0.5) is 10.1 Å². The van der Waals surface area contributed by atoms with Crippen molar-refractivity contribution in [2.45, 2.75) is 26.3 Å². The van der Waals surface area contributed by atoms with E-state index in [0.29, 0.717) is 32.7 Å². The van der Waals surface area contributed by atoms with E-state index in [2.05, 4.69) is 4.90 Å². The first-order valence-corrected chi connectivity index (χ1v) is 8.67. The topological polar surface area (TPSA) is 64.1 Å². The van der Waals surface area contributed by atoms with Crippen LogP contribution >= 0.6 is 0 Å². The second-order valence-corrected chi connectivity index (χ2v) is 6.33. The quantitative estimate of drug-likeness (QED) is 0.809. The molecular formula is C18H26FN3O3. The molecule has 2 rings (SSSR count). The Morgan fingerprint density at radius 2 is 1.80 bits per heavy atom. The highest BCUT2D eigenvalue weighted by Crippen LogP contribution is 2.17. The van der Waals surface area contributed by atoms with E-state index >= 15 is 0 Å². The molecule has 6 nitrogen and oxygen atoms in total. The van der Waals surface area contributed by atoms with Gasteiger partial charge in [-0.25, -0.2) is 4.39 Å². The van der Waals surface area contributed by atoms with Gasteiger partial charge in [-0.1, -0.05) is 6.92 Å². The minimum absolute atomic E-state index is 0.0338. The largest absolute Gasteiger partial charge is 0.480 e. The highest BCUT2D eigenvalue weighted by molar-refractivity contribution is 5.82. The molecule has 7 heteroatoms. The predicted molar refractivity (Wildman–Crippen MR) is 94.2 cm³/mol. The van der Waals surface area contributed by atoms with Gasteiger partial charge in [0.2, 0.25) is 5.91 Å². The maximum absolute atomic E-state index is 13.0. The summed E-state index contributed by atoms with van der Waals surface area (Å²) in [5, 5.41) is 9.03. The Hall–Kier alpha value is -2.15. The number of piperazine rings is 1. The maximum atomic E-state index is 13.0. The summed E-state index contributed by atoms with van der Waals surface area (Å²) in [7, 11) is 0. The van der Waals surface area contributed by atoms with Gasteiger partial charge in [0.1, 0.15) is 5.82 Å². The lowest BCUT2D eigenvalue weighted by atomic mass is 10.2. The molecule has 1 atom stereocenters. The van der Waals surface area contributed by atoms with Gasteiger partial charge in [0.05, 0.1) is 12.6 Å². The molecule has 0 bridgehead atoms. The lowest BCUT2D eigenvalue weighted by Gasteiger charge is -2.38. The molecule has 1 N–H and O–H groups in total. The van der Waals surface area contributed by atoms with Crippen molar-refractivity contribution in [3.63, 3.8) is 0 Å². The van der Waals surface area contributed by atoms with Crippen molar-refractivity contribution in [1.82, 2.24) is 9.80 Å². The first-order chi connectivity index (χ1) is 11.9. The number of anilines is 1. The van der Waals surface area contributed by atoms with Crippen LogP contribution in [0, 0.1) is 5.82 Å². The molecule has 1 aliphatic rings. The number of aliphatic carboxylic acids is 1. The Morgan fingerprint density at radius 3 is 2.32 bits per heavy atom. The van der Waals surface area contributed by atoms with Gasteiger partial charge in [-0.05, 0) is 44.2 Å². The van der Waals surface area contributed by atoms with E-state index in [1.54, 1.807) is 28.9 Å². The molecule has 1 heterocycles. The molecule has 1 aromatic carbocycles. The Labute approximate surface area is 147 Å². The SMILES string of the molecule is CCCN(CC(=O)O)C(C)C(=O)N1CCN(c2ccc(F)cc2)CC1. The van der Waals surface area contributed by atoms with Crippen LogP contribution in [-0.2, 0) is 9.59 Å². The molecular weight excluding hydrogens is 325 g/mol. The molecule has 1 amide bonds. The highest BCUT2D eigenvalue weighted by atomic mass is 19.1. The number of carbonyl (C=O) groups is 2. The van der Waals surface area contributed by atoms with Gasteiger partial charge in [0.25, 0.3) is 0 Å². The summed E-state index contributed by atoms with van der Waals surface area (Å²) < 4.78 is 13.0. The number of nitrogens with zero attached hydrogens (tertiary/aromatic N) is 3. The number of hydrogen-bond donors (Lipinski definition) is 1. The van der Waals surface area contributed by atoms with Crippen LogP contribution in [0.2, 0.25) is 0 Å². The fourth-order valence-electron chi connectivity index (χ4n) is 3.13. The number of carbonyl (C=O) groups excluding carboxylic acids is 1. The lowest BCUT2D eigenvalue weighted by molar-refractivity contribution is -0.142. The Morgan fingerprint density at radius 1 is 1.20 bits per heavy atom. The molecule has 1 aliphatic heterocycles. The summed E-state index contributed by atoms with van der Waals surface area (Å²) in [6.45, 7) is 6.70. The molecule has 1 aromatic rings. The summed E-state index contributed by atoms with van der Waals surface area (Å²) in [6.07, 6.45) is 0.795. The second kappa shape index (κ2) is 8.80. The molecule has 0 saturated carbocycles. The number of halogens is 1. The zero-order chi connectivity index (χ0) is 18.4. The van der Waals surface area contributed by atoms with Crippen LogP contribution in [0.25, 0.3) is 0 Å². The van der Waals surface area contributed by atoms with Crippen LogP contribution in [0.1, 0.15) is 20.3 Å². The minimum atomic E-state index is -0.922. The van der Waals surface area contributed by atoms with E-state index in [-0.39, 0.29) is 18.3 Å². The number of benzene rings is 1. The van der Waals surface area contributed by atoms with E-state index in [4.69, 9.17) is 5.11 Å². The summed E-state index contributed by atoms with van der Waals surface area (Å²) in [4.78, 5) is 29.3. The monoisotopic (exact) mass is 351 g/mol. The minimum Gasteiger partial charge on any atom is -0.480 e. The molecule has 1 saturated heterocycles. The number of carboxylic acids is 1. The first-order valence-electron chi connectivity index (χ1n) is 8.67. The van der Waals surface area contributed by atoms with Gasteiger partial charge < -0.3 is 14.9 Å². The summed E-state index contributed by atoms with van der Waals surface area (Å²) in [5.74, 6) is -1.22. The van der Waals surface area contributed by atoms with Gasteiger partial charge in [0.15, 0.2) is 0 Å². The molecule has 1 fully saturated rings. The number of rotatable bonds is 7. The summed E-state index contributed by atoms with van der Waals surface area (Å²) in [6, 6.07) is 5.90. The third-order valence-electron chi connectivity index (χ3n) is 4.54. The van der Waals surface area contributed by atoms with Gasteiger partial charge >= 0.3 is 5.97 Å². The van der Waals surface area contributed by atoms with Gasteiger partial charge in [0, 0.05) is 31.9 Å². The van der Waals surface area contributed by atoms with E-state index < -0.39 is 12.0 Å². The van der Waals surface area contributed by atoms with Crippen LogP contribution in [-0.4, -0.2) is 72.1 Å². The molecule has 138 valence electrons. The Kier molecular flexibility index (Phi) is 6.75. The zero-order valence-electron chi connectivity index (χ0n) is 14.8. The van der Waals surface area contributed by atoms with Gasteiger partial charge in [-0.2, -0.15) is 0 Å². The second-order valence-electron chi connectivity index (χ2n) is 6.33. The number of carboxylic acid groups (broad SMARTS) is 1. The molecule has 0 aliphatic carbocycles. The van der Waals surface area contributed by atoms with Crippen molar-refractivity contribution in [2.24, 2.45) is 0 Å². The summed E-state index contributed by atoms with van der Waals surface area (Å²) in [5.41, 5.74) is 0.944. The first kappa shape index (κ1) is 19.2. The van der Waals surface area contributed by atoms with Crippen LogP contribution in [0.15, 0.2) is 24.3 Å². The Bertz CT molecular complexity index is 586. The predicted octanol–water partition coefficient (Wildman–Crippen LogP) is 1.66. The maximum Gasteiger partial charge on any atom is 0.317 e. The number of amides is 1. The fraction of sp³-hybridized carbons (Fsp3) is 0.556. The van der Waals surface area contributed by atoms with Crippen molar-refractivity contribution in [2.75, 3.05) is 44.2 Å². The number of hydrogen-bond acceptors (Lipinski definition) is 4. The van der Waals surface area contributed by atoms with Crippen LogP contribution in [0.3, 0.4) is 0 Å². The van der Waals surface area contributed by atoms with E-state index in [9.17, 15) is 14.0 Å². The van der Waals surface area contributed by atoms with Crippen molar-refractivity contribution in [1.29, 1.82) is 0 Å². The van der Waals surface area contributed by atoms with Crippen molar-refractivity contribution in [3.05, 3.63) is 30.1 Å². The zero-order valence-corrected chi connectivity index (χ0v) is 14.8. The lowest BCUT2D eigenvalue weighted by Crippen LogP contribution is -2.55. The summed E-state index contributed by atoms with van der Waals surface area (Å²) >= 11 is 0. The van der Waals surface area contributed by atoms with E-state index in [1.807, 2.05) is 6.92 Å². The van der Waals surface area contributed by atoms with Crippen LogP contribution in [0.5, 0.6) is 0 Å². The Balaban J connectivity index is 1.93. The molecule has 0 aromatic heterocycles. The fourth-order valence-corrected chi connectivity index (χ4v) is 3.13. The van der Waals surface area contributed by atoms with Gasteiger partial charge in [-0.15, -0.1) is 0 Å². The van der Waals surface area contributed by atoms with Crippen molar-refractivity contribution >= 4 is 17.6 Å². The average Bonchev–Trinajstić information content (AvgIpc) is 2.60. The van der Waals surface area contributed by atoms with Crippen molar-refractivity contribution in [3.8, 4) is 0 Å². The molecule has 0 spiro atoms. The molecule has 25 heavy (non-hydrogen) atoms. The molecule has 1 unspecified atom stereocenters. The average molecular weight is 351 g/mol. The van der Waals surface area contributed by atoms with E-state index in [0.717, 1.165) is 12.1 Å². The third-order valence-corrected chi connectivity index (χ3v) is 4.54. The van der Waals surface area contributed by atoms with Gasteiger partial charge in [-0.3, -0.25) is 14.5 Å². The van der Waals surface area contributed by atoms with Crippen LogP contribution < -0.4 is 4.90 Å². The standard InChI is InChI=1S/C18H26FN3O3/c1-3-8-22(13-17(23)24)14(2)18(25)21-11-9-20(10-12-21)16-6-4-15(19)5-7-16/h4-7,14H,3,8-13H2,1-2H3,(H,23,24).